The average molecular weight is 480 g/mol. The third-order valence-electron chi connectivity index (χ3n) is 4.18. The number of amides is 2. The Kier molecular flexibility index (Phi) is 7.78. The largest absolute Gasteiger partial charge is 0.497 e. The van der Waals surface area contributed by atoms with Crippen LogP contribution in [0.25, 0.3) is 0 Å². The zero-order valence-electron chi connectivity index (χ0n) is 16.7. The van der Waals surface area contributed by atoms with Crippen LogP contribution in [0.2, 0.25) is 10.0 Å². The molecule has 1 aromatic heterocycles. The zero-order chi connectivity index (χ0) is 22.4. The van der Waals surface area contributed by atoms with E-state index in [2.05, 4.69) is 20.8 Å². The summed E-state index contributed by atoms with van der Waals surface area (Å²) >= 11 is 13.2. The number of ether oxygens (including phenoxy) is 1. The molecule has 2 amide bonds. The summed E-state index contributed by atoms with van der Waals surface area (Å²) in [6.45, 7) is 0. The zero-order valence-corrected chi connectivity index (χ0v) is 19.0. The average Bonchev–Trinajstić information content (AvgIpc) is 3.09. The molecule has 11 heteroatoms. The van der Waals surface area contributed by atoms with Crippen molar-refractivity contribution in [3.63, 3.8) is 0 Å². The number of carbonyl (C=O) groups is 2. The number of hydrogen-bond donors (Lipinski definition) is 2. The van der Waals surface area contributed by atoms with E-state index in [9.17, 15) is 9.59 Å². The number of benzene rings is 2. The molecule has 0 spiro atoms. The smallest absolute Gasteiger partial charge is 0.234 e. The van der Waals surface area contributed by atoms with Crippen LogP contribution in [-0.4, -0.2) is 39.4 Å². The molecule has 2 aromatic carbocycles. The van der Waals surface area contributed by atoms with Crippen molar-refractivity contribution in [1.29, 1.82) is 0 Å². The van der Waals surface area contributed by atoms with E-state index in [0.29, 0.717) is 33.1 Å². The Morgan fingerprint density at radius 1 is 1.06 bits per heavy atom. The van der Waals surface area contributed by atoms with Crippen LogP contribution in [0.4, 0.5) is 11.4 Å². The summed E-state index contributed by atoms with van der Waals surface area (Å²) in [4.78, 5) is 24.5. The van der Waals surface area contributed by atoms with Crippen molar-refractivity contribution >= 4 is 58.2 Å². The normalized spacial score (nSPS) is 10.6. The van der Waals surface area contributed by atoms with Gasteiger partial charge in [0.05, 0.1) is 35.0 Å². The number of anilines is 2. The Labute approximate surface area is 193 Å². The van der Waals surface area contributed by atoms with Crippen LogP contribution in [0, 0.1) is 0 Å². The maximum Gasteiger partial charge on any atom is 0.234 e. The van der Waals surface area contributed by atoms with Crippen molar-refractivity contribution < 1.29 is 14.3 Å². The summed E-state index contributed by atoms with van der Waals surface area (Å²) in [6.07, 6.45) is 0.0421. The molecule has 0 unspecified atom stereocenters. The number of hydrogen-bond acceptors (Lipinski definition) is 6. The lowest BCUT2D eigenvalue weighted by atomic mass is 10.3. The Morgan fingerprint density at radius 2 is 1.81 bits per heavy atom. The minimum Gasteiger partial charge on any atom is -0.497 e. The molecule has 0 saturated carbocycles. The van der Waals surface area contributed by atoms with Gasteiger partial charge in [0.15, 0.2) is 5.16 Å². The molecule has 1 heterocycles. The van der Waals surface area contributed by atoms with Crippen molar-refractivity contribution in [1.82, 2.24) is 14.8 Å². The predicted molar refractivity (Wildman–Crippen MR) is 122 cm³/mol. The van der Waals surface area contributed by atoms with Gasteiger partial charge in [-0.25, -0.2) is 0 Å². The van der Waals surface area contributed by atoms with Gasteiger partial charge in [0.25, 0.3) is 0 Å². The fourth-order valence-electron chi connectivity index (χ4n) is 2.56. The monoisotopic (exact) mass is 479 g/mol. The molecule has 0 radical (unpaired) electrons. The summed E-state index contributed by atoms with van der Waals surface area (Å²) in [6, 6.07) is 12.0. The molecule has 3 aromatic rings. The molecule has 0 bridgehead atoms. The first-order valence-electron chi connectivity index (χ1n) is 9.06. The highest BCUT2D eigenvalue weighted by atomic mass is 35.5. The maximum absolute atomic E-state index is 12.3. The number of rotatable bonds is 8. The standard InChI is InChI=1S/C20H19Cl2N5O3S/c1-27-16(10-17(28)23-12-6-8-13(30-2)9-7-12)25-26-20(27)31-11-18(29)24-15-5-3-4-14(21)19(15)22/h3-9H,10-11H2,1-2H3,(H,23,28)(H,24,29). The first-order valence-corrected chi connectivity index (χ1v) is 10.8. The van der Waals surface area contributed by atoms with Gasteiger partial charge in [0.1, 0.15) is 11.6 Å². The molecule has 0 aliphatic rings. The topological polar surface area (TPSA) is 98.1 Å². The van der Waals surface area contributed by atoms with E-state index >= 15 is 0 Å². The van der Waals surface area contributed by atoms with Crippen LogP contribution in [0.3, 0.4) is 0 Å². The van der Waals surface area contributed by atoms with Gasteiger partial charge < -0.3 is 19.9 Å². The molecule has 0 atom stereocenters. The molecular weight excluding hydrogens is 461 g/mol. The Morgan fingerprint density at radius 3 is 2.52 bits per heavy atom. The van der Waals surface area contributed by atoms with Gasteiger partial charge in [-0.1, -0.05) is 41.0 Å². The van der Waals surface area contributed by atoms with E-state index in [4.69, 9.17) is 27.9 Å². The molecule has 162 valence electrons. The van der Waals surface area contributed by atoms with Crippen molar-refractivity contribution in [2.75, 3.05) is 23.5 Å². The number of thioether (sulfide) groups is 1. The Bertz CT molecular complexity index is 1090. The minimum absolute atomic E-state index is 0.0421. The van der Waals surface area contributed by atoms with Crippen LogP contribution in [0.15, 0.2) is 47.6 Å². The van der Waals surface area contributed by atoms with Gasteiger partial charge in [-0.15, -0.1) is 10.2 Å². The fourth-order valence-corrected chi connectivity index (χ4v) is 3.64. The fraction of sp³-hybridized carbons (Fsp3) is 0.200. The van der Waals surface area contributed by atoms with Crippen molar-refractivity contribution in [3.8, 4) is 5.75 Å². The predicted octanol–water partition coefficient (Wildman–Crippen LogP) is 4.04. The lowest BCUT2D eigenvalue weighted by Crippen LogP contribution is -2.17. The molecule has 0 saturated heterocycles. The number of aromatic nitrogens is 3. The first kappa shape index (κ1) is 22.9. The summed E-state index contributed by atoms with van der Waals surface area (Å²) in [5, 5.41) is 14.8. The van der Waals surface area contributed by atoms with E-state index in [0.717, 1.165) is 0 Å². The highest BCUT2D eigenvalue weighted by Crippen LogP contribution is 2.29. The number of carbonyl (C=O) groups excluding carboxylic acids is 2. The second kappa shape index (κ2) is 10.5. The quantitative estimate of drug-likeness (QED) is 0.473. The molecule has 31 heavy (non-hydrogen) atoms. The molecule has 3 rings (SSSR count). The van der Waals surface area contributed by atoms with E-state index in [1.807, 2.05) is 0 Å². The molecule has 8 nitrogen and oxygen atoms in total. The van der Waals surface area contributed by atoms with Crippen LogP contribution in [-0.2, 0) is 23.1 Å². The summed E-state index contributed by atoms with van der Waals surface area (Å²) in [5.74, 6) is 0.773. The van der Waals surface area contributed by atoms with E-state index in [1.54, 1.807) is 61.2 Å². The number of nitrogens with one attached hydrogen (secondary N) is 2. The molecule has 0 fully saturated rings. The van der Waals surface area contributed by atoms with Crippen LogP contribution in [0.5, 0.6) is 5.75 Å². The summed E-state index contributed by atoms with van der Waals surface area (Å²) in [7, 11) is 3.32. The number of methoxy groups -OCH3 is 1. The summed E-state index contributed by atoms with van der Waals surface area (Å²) < 4.78 is 6.77. The second-order valence-corrected chi connectivity index (χ2v) is 8.08. The van der Waals surface area contributed by atoms with Gasteiger partial charge in [-0.2, -0.15) is 0 Å². The van der Waals surface area contributed by atoms with Gasteiger partial charge in [-0.3, -0.25) is 9.59 Å². The highest BCUT2D eigenvalue weighted by molar-refractivity contribution is 7.99. The minimum atomic E-state index is -0.268. The first-order chi connectivity index (χ1) is 14.9. The Balaban J connectivity index is 1.53. The summed E-state index contributed by atoms with van der Waals surface area (Å²) in [5.41, 5.74) is 1.09. The highest BCUT2D eigenvalue weighted by Gasteiger charge is 2.15. The number of halogens is 2. The van der Waals surface area contributed by atoms with Crippen LogP contribution >= 0.6 is 35.0 Å². The van der Waals surface area contributed by atoms with E-state index in [1.165, 1.54) is 11.8 Å². The third kappa shape index (κ3) is 6.13. The van der Waals surface area contributed by atoms with Crippen LogP contribution < -0.4 is 15.4 Å². The van der Waals surface area contributed by atoms with E-state index in [-0.39, 0.29) is 29.0 Å². The van der Waals surface area contributed by atoms with E-state index < -0.39 is 0 Å². The van der Waals surface area contributed by atoms with Crippen molar-refractivity contribution in [2.24, 2.45) is 7.05 Å². The van der Waals surface area contributed by atoms with Gasteiger partial charge in [0, 0.05) is 12.7 Å². The Hall–Kier alpha value is -2.75. The lowest BCUT2D eigenvalue weighted by Gasteiger charge is -2.08. The maximum atomic E-state index is 12.3. The van der Waals surface area contributed by atoms with Gasteiger partial charge in [-0.05, 0) is 36.4 Å². The van der Waals surface area contributed by atoms with Crippen LogP contribution in [0.1, 0.15) is 5.82 Å². The second-order valence-electron chi connectivity index (χ2n) is 6.35. The van der Waals surface area contributed by atoms with Crippen molar-refractivity contribution in [2.45, 2.75) is 11.6 Å². The molecule has 0 aliphatic heterocycles. The molecule has 2 N–H and O–H groups in total. The van der Waals surface area contributed by atoms with Crippen molar-refractivity contribution in [3.05, 3.63) is 58.3 Å². The lowest BCUT2D eigenvalue weighted by molar-refractivity contribution is -0.116. The van der Waals surface area contributed by atoms with Gasteiger partial charge in [0.2, 0.25) is 11.8 Å². The number of nitrogens with zero attached hydrogens (tertiary/aromatic N) is 3. The molecule has 0 aliphatic carbocycles. The third-order valence-corrected chi connectivity index (χ3v) is 6.01. The van der Waals surface area contributed by atoms with Gasteiger partial charge >= 0.3 is 0 Å². The molecular formula is C20H19Cl2N5O3S. The SMILES string of the molecule is COc1ccc(NC(=O)Cc2nnc(SCC(=O)Nc3cccc(Cl)c3Cl)n2C)cc1.